The Morgan fingerprint density at radius 2 is 0.947 bits per heavy atom. The molecule has 0 aliphatic heterocycles. The lowest BCUT2D eigenvalue weighted by atomic mass is 10.0. The van der Waals surface area contributed by atoms with Gasteiger partial charge in [-0.2, -0.15) is 9.97 Å². The van der Waals surface area contributed by atoms with Crippen LogP contribution in [0.5, 0.6) is 0 Å². The molecule has 0 N–H and O–H groups in total. The van der Waals surface area contributed by atoms with E-state index in [0.717, 1.165) is 11.1 Å². The number of rotatable bonds is 5. The van der Waals surface area contributed by atoms with Gasteiger partial charge in [0.2, 0.25) is 5.95 Å². The van der Waals surface area contributed by atoms with Gasteiger partial charge in [0, 0.05) is 38.1 Å². The van der Waals surface area contributed by atoms with Crippen LogP contribution in [-0.2, 0) is 0 Å². The Balaban J connectivity index is 1.28. The monoisotopic (exact) mass is 739 g/mol. The second-order valence-electron chi connectivity index (χ2n) is 13.7. The summed E-state index contributed by atoms with van der Waals surface area (Å²) in [7, 11) is 0. The number of hydrogen-bond acceptors (Lipinski definition) is 4. The molecule has 57 heavy (non-hydrogen) atoms. The molecular weight excluding hydrogens is 699 g/mol. The zero-order valence-electron chi connectivity index (χ0n) is 39.8. The van der Waals surface area contributed by atoms with Gasteiger partial charge in [0.05, 0.1) is 46.8 Å². The van der Waals surface area contributed by atoms with Crippen molar-refractivity contribution in [1.82, 2.24) is 24.1 Å². The molecule has 0 bridgehead atoms. The predicted molar refractivity (Wildman–Crippen MR) is 232 cm³/mol. The Hall–Kier alpha value is -7.83. The highest BCUT2D eigenvalue weighted by Gasteiger charge is 2.22. The predicted octanol–water partition coefficient (Wildman–Crippen LogP) is 13.0. The van der Waals surface area contributed by atoms with E-state index in [2.05, 4.69) is 0 Å². The van der Waals surface area contributed by atoms with Crippen LogP contribution in [0.1, 0.15) is 13.7 Å². The minimum absolute atomic E-state index is 0.00409. The molecule has 0 unspecified atom stereocenters. The minimum Gasteiger partial charge on any atom is -0.456 e. The number of nitrogens with zero attached hydrogens (tertiary/aromatic N) is 5. The number of aromatic nitrogens is 5. The van der Waals surface area contributed by atoms with E-state index in [9.17, 15) is 8.22 Å². The van der Waals surface area contributed by atoms with Crippen molar-refractivity contribution in [2.45, 2.75) is 0 Å². The van der Waals surface area contributed by atoms with Gasteiger partial charge in [-0.1, -0.05) is 145 Å². The second-order valence-corrected chi connectivity index (χ2v) is 13.7. The Labute approximate surface area is 340 Å². The third-order valence-electron chi connectivity index (χ3n) is 10.4. The first-order valence-electron chi connectivity index (χ1n) is 23.3. The molecule has 0 saturated carbocycles. The van der Waals surface area contributed by atoms with Gasteiger partial charge in [-0.15, -0.1) is 0 Å². The van der Waals surface area contributed by atoms with Crippen LogP contribution in [-0.4, -0.2) is 24.1 Å². The van der Waals surface area contributed by atoms with Crippen molar-refractivity contribution < 1.29 is 18.1 Å². The average Bonchev–Trinajstić information content (AvgIpc) is 4.06. The lowest BCUT2D eigenvalue weighted by Crippen LogP contribution is -2.06. The van der Waals surface area contributed by atoms with Crippen LogP contribution in [0, 0.1) is 0 Å². The zero-order valence-corrected chi connectivity index (χ0v) is 29.8. The number of fused-ring (bicyclic) bond motifs is 9. The average molecular weight is 740 g/mol. The summed E-state index contributed by atoms with van der Waals surface area (Å²) in [5.41, 5.74) is 4.58. The van der Waals surface area contributed by atoms with Gasteiger partial charge in [-0.3, -0.25) is 4.57 Å². The van der Waals surface area contributed by atoms with Gasteiger partial charge in [0.1, 0.15) is 11.2 Å². The van der Waals surface area contributed by atoms with E-state index in [4.69, 9.17) is 24.9 Å². The fourth-order valence-corrected chi connectivity index (χ4v) is 7.85. The molecule has 6 nitrogen and oxygen atoms in total. The summed E-state index contributed by atoms with van der Waals surface area (Å²) in [6.07, 6.45) is 0. The molecule has 0 atom stereocenters. The summed E-state index contributed by atoms with van der Waals surface area (Å²) in [5, 5.41) is 1.15. The molecule has 12 rings (SSSR count). The fourth-order valence-electron chi connectivity index (χ4n) is 7.85. The Kier molecular flexibility index (Phi) is 5.02. The Morgan fingerprint density at radius 1 is 0.404 bits per heavy atom. The first kappa shape index (κ1) is 23.2. The summed E-state index contributed by atoms with van der Waals surface area (Å²) in [6.45, 7) is 0. The lowest BCUT2D eigenvalue weighted by Gasteiger charge is -2.12. The van der Waals surface area contributed by atoms with Crippen molar-refractivity contribution in [3.63, 3.8) is 0 Å². The minimum atomic E-state index is -0.565. The van der Waals surface area contributed by atoms with Crippen LogP contribution in [0.3, 0.4) is 0 Å². The van der Waals surface area contributed by atoms with E-state index in [0.29, 0.717) is 38.8 Å². The summed E-state index contributed by atoms with van der Waals surface area (Å²) in [6, 6.07) is 34.9. The van der Waals surface area contributed by atoms with Gasteiger partial charge < -0.3 is 8.98 Å². The number of para-hydroxylation sites is 3. The van der Waals surface area contributed by atoms with Crippen LogP contribution in [0.4, 0.5) is 0 Å². The molecule has 0 saturated heterocycles. The van der Waals surface area contributed by atoms with Gasteiger partial charge >= 0.3 is 0 Å². The van der Waals surface area contributed by atoms with Crippen molar-refractivity contribution in [3.05, 3.63) is 188 Å². The van der Waals surface area contributed by atoms with E-state index in [1.807, 2.05) is 109 Å². The van der Waals surface area contributed by atoms with Crippen LogP contribution < -0.4 is 0 Å². The fraction of sp³-hybridized carbons (Fsp3) is 0. The van der Waals surface area contributed by atoms with Gasteiger partial charge in [0.15, 0.2) is 11.6 Å². The van der Waals surface area contributed by atoms with Crippen LogP contribution in [0.15, 0.2) is 192 Å². The van der Waals surface area contributed by atoms with Crippen molar-refractivity contribution in [1.29, 1.82) is 0 Å². The highest BCUT2D eigenvalue weighted by atomic mass is 16.3. The summed E-state index contributed by atoms with van der Waals surface area (Å²) in [4.78, 5) is 14.9. The quantitative estimate of drug-likeness (QED) is 0.176. The van der Waals surface area contributed by atoms with Crippen molar-refractivity contribution in [2.75, 3.05) is 0 Å². The first-order valence-corrected chi connectivity index (χ1v) is 18.3. The molecule has 0 radical (unpaired) electrons. The first-order chi connectivity index (χ1) is 32.4. The molecule has 8 aromatic carbocycles. The lowest BCUT2D eigenvalue weighted by molar-refractivity contribution is 0.669. The van der Waals surface area contributed by atoms with Gasteiger partial charge in [-0.05, 0) is 53.5 Å². The van der Waals surface area contributed by atoms with Gasteiger partial charge in [0.25, 0.3) is 0 Å². The molecule has 4 heterocycles. The summed E-state index contributed by atoms with van der Waals surface area (Å²) < 4.78 is 103. The second kappa shape index (κ2) is 12.3. The summed E-state index contributed by atoms with van der Waals surface area (Å²) in [5.74, 6) is 0.371. The third kappa shape index (κ3) is 4.87. The molecular formula is C51H31N5O. The molecule has 0 fully saturated rings. The number of furan rings is 1. The molecule has 0 spiro atoms. The molecule has 6 heteroatoms. The van der Waals surface area contributed by atoms with E-state index >= 15 is 0 Å². The van der Waals surface area contributed by atoms with Crippen molar-refractivity contribution in [3.8, 4) is 45.5 Å². The van der Waals surface area contributed by atoms with Crippen LogP contribution >= 0.6 is 0 Å². The molecule has 12 aromatic rings. The van der Waals surface area contributed by atoms with Crippen LogP contribution in [0.2, 0.25) is 0 Å². The maximum Gasteiger partial charge on any atom is 0.238 e. The molecule has 266 valence electrons. The van der Waals surface area contributed by atoms with Crippen molar-refractivity contribution >= 4 is 65.6 Å². The molecule has 4 aromatic heterocycles. The largest absolute Gasteiger partial charge is 0.456 e. The third-order valence-corrected chi connectivity index (χ3v) is 10.4. The van der Waals surface area contributed by atoms with Gasteiger partial charge in [-0.25, -0.2) is 4.98 Å². The number of benzene rings is 8. The normalized spacial score (nSPS) is 14.3. The molecule has 0 aliphatic rings. The molecule has 0 aliphatic carbocycles. The number of hydrogen-bond donors (Lipinski definition) is 0. The highest BCUT2D eigenvalue weighted by molar-refractivity contribution is 6.20. The summed E-state index contributed by atoms with van der Waals surface area (Å²) >= 11 is 0. The Morgan fingerprint density at radius 3 is 1.67 bits per heavy atom. The van der Waals surface area contributed by atoms with Crippen molar-refractivity contribution in [2.24, 2.45) is 0 Å². The molecule has 0 amide bonds. The van der Waals surface area contributed by atoms with E-state index in [-0.39, 0.29) is 73.3 Å². The van der Waals surface area contributed by atoms with E-state index in [1.54, 1.807) is 22.8 Å². The van der Waals surface area contributed by atoms with E-state index in [1.165, 1.54) is 4.57 Å². The van der Waals surface area contributed by atoms with E-state index < -0.39 is 48.3 Å². The topological polar surface area (TPSA) is 61.7 Å². The zero-order chi connectivity index (χ0) is 46.2. The Bertz CT molecular complexity index is 4090. The standard InChI is InChI=1S/C51H31N5O/c1-3-14-32(15-4-1)33-26-28-35(29-27-33)50-52-49(34-16-5-2-6-17-34)53-51(54-50)56-42-22-11-8-19-37(42)40-30-39-36-18-7-10-21-41(36)55(44(39)31-45(40)56)43-23-13-25-47-48(43)38-20-9-12-24-46(38)57-47/h1-31H/i7D,8D,10D,11D,18D,19D,21D,22D,30D,31D. The maximum absolute atomic E-state index is 10.4. The highest BCUT2D eigenvalue weighted by Crippen LogP contribution is 2.42. The SMILES string of the molecule is [2H]c1c([2H])c([2H])c2c(c1[2H])c1c([2H])c3c4c([2H])c([2H])c([2H])c([2H])c4n(-c4cccc5oc6ccccc6c45)c3c([2H])c1n2-c1nc(-c2ccccc2)nc(-c2ccc(-c3ccccc3)cc2)n1. The maximum atomic E-state index is 10.4. The van der Waals surface area contributed by atoms with Crippen LogP contribution in [0.25, 0.3) is 111 Å². The smallest absolute Gasteiger partial charge is 0.238 e.